The molecular weight excluding hydrogens is 386 g/mol. The van der Waals surface area contributed by atoms with Crippen molar-refractivity contribution in [2.24, 2.45) is 0 Å². The number of benzene rings is 2. The quantitative estimate of drug-likeness (QED) is 0.569. The van der Waals surface area contributed by atoms with Crippen molar-refractivity contribution in [3.8, 4) is 0 Å². The highest BCUT2D eigenvalue weighted by atomic mass is 16.3. The maximum Gasteiger partial charge on any atom is 0.259 e. The van der Waals surface area contributed by atoms with Gasteiger partial charge >= 0.3 is 0 Å². The Labute approximate surface area is 185 Å². The third kappa shape index (κ3) is 5.35. The standard InChI is InChI=1S/C26H33N3O2/c1-3-4-11-24-25(22-10-5-6-12-23(22)31-24)26(30)27-21-9-7-8-20(19-21)13-14-29-17-15-28(2)16-18-29/h5-10,12,19H,3-4,11,13-18H2,1-2H3,(H,27,30). The summed E-state index contributed by atoms with van der Waals surface area (Å²) in [6.45, 7) is 7.72. The summed E-state index contributed by atoms with van der Waals surface area (Å²) in [4.78, 5) is 18.1. The first-order chi connectivity index (χ1) is 15.1. The van der Waals surface area contributed by atoms with E-state index in [-0.39, 0.29) is 5.91 Å². The third-order valence-corrected chi connectivity index (χ3v) is 6.15. The molecule has 5 heteroatoms. The van der Waals surface area contributed by atoms with Gasteiger partial charge in [-0.2, -0.15) is 0 Å². The van der Waals surface area contributed by atoms with E-state index in [1.165, 1.54) is 5.56 Å². The molecule has 4 rings (SSSR count). The zero-order valence-corrected chi connectivity index (χ0v) is 18.7. The van der Waals surface area contributed by atoms with Gasteiger partial charge in [0.25, 0.3) is 5.91 Å². The largest absolute Gasteiger partial charge is 0.460 e. The van der Waals surface area contributed by atoms with E-state index in [4.69, 9.17) is 4.42 Å². The number of nitrogens with zero attached hydrogens (tertiary/aromatic N) is 2. The van der Waals surface area contributed by atoms with Gasteiger partial charge in [0, 0.05) is 50.2 Å². The molecule has 0 bridgehead atoms. The Morgan fingerprint density at radius 3 is 2.65 bits per heavy atom. The Bertz CT molecular complexity index is 1020. The van der Waals surface area contributed by atoms with E-state index in [1.807, 2.05) is 36.4 Å². The molecule has 0 atom stereocenters. The molecular formula is C26H33N3O2. The fraction of sp³-hybridized carbons (Fsp3) is 0.423. The number of amides is 1. The Kier molecular flexibility index (Phi) is 7.05. The summed E-state index contributed by atoms with van der Waals surface area (Å²) in [5, 5.41) is 4.00. The molecule has 3 aromatic rings. The molecule has 1 amide bonds. The minimum Gasteiger partial charge on any atom is -0.460 e. The monoisotopic (exact) mass is 419 g/mol. The summed E-state index contributed by atoms with van der Waals surface area (Å²) in [5.41, 5.74) is 3.54. The minimum atomic E-state index is -0.0905. The Morgan fingerprint density at radius 2 is 1.84 bits per heavy atom. The number of likely N-dealkylation sites (N-methyl/N-ethyl adjacent to an activating group) is 1. The van der Waals surface area contributed by atoms with Crippen LogP contribution in [0.2, 0.25) is 0 Å². The van der Waals surface area contributed by atoms with Gasteiger partial charge in [-0.1, -0.05) is 43.7 Å². The van der Waals surface area contributed by atoms with Gasteiger partial charge in [-0.3, -0.25) is 4.79 Å². The van der Waals surface area contributed by atoms with E-state index in [9.17, 15) is 4.79 Å². The molecule has 1 aliphatic heterocycles. The minimum absolute atomic E-state index is 0.0905. The van der Waals surface area contributed by atoms with Gasteiger partial charge in [0.2, 0.25) is 0 Å². The molecule has 1 aliphatic rings. The van der Waals surface area contributed by atoms with Gasteiger partial charge in [-0.05, 0) is 43.7 Å². The SMILES string of the molecule is CCCCc1oc2ccccc2c1C(=O)Nc1cccc(CCN2CCN(C)CC2)c1. The van der Waals surface area contributed by atoms with Crippen LogP contribution >= 0.6 is 0 Å². The van der Waals surface area contributed by atoms with Crippen LogP contribution in [0.4, 0.5) is 5.69 Å². The first kappa shape index (κ1) is 21.6. The highest BCUT2D eigenvalue weighted by molar-refractivity contribution is 6.13. The highest BCUT2D eigenvalue weighted by Gasteiger charge is 2.20. The van der Waals surface area contributed by atoms with Crippen LogP contribution in [-0.2, 0) is 12.8 Å². The number of carbonyl (C=O) groups is 1. The van der Waals surface area contributed by atoms with E-state index in [2.05, 4.69) is 41.2 Å². The summed E-state index contributed by atoms with van der Waals surface area (Å²) in [5.74, 6) is 0.694. The molecule has 1 N–H and O–H groups in total. The van der Waals surface area contributed by atoms with Crippen molar-refractivity contribution in [3.63, 3.8) is 0 Å². The average molecular weight is 420 g/mol. The lowest BCUT2D eigenvalue weighted by Crippen LogP contribution is -2.45. The fourth-order valence-electron chi connectivity index (χ4n) is 4.22. The number of furan rings is 1. The number of carbonyl (C=O) groups excluding carboxylic acids is 1. The molecule has 1 aromatic heterocycles. The van der Waals surface area contributed by atoms with Crippen LogP contribution < -0.4 is 5.32 Å². The van der Waals surface area contributed by atoms with Crippen molar-refractivity contribution >= 4 is 22.6 Å². The fourth-order valence-corrected chi connectivity index (χ4v) is 4.22. The van der Waals surface area contributed by atoms with E-state index >= 15 is 0 Å². The number of rotatable bonds is 8. The molecule has 0 radical (unpaired) electrons. The van der Waals surface area contributed by atoms with Crippen molar-refractivity contribution in [2.75, 3.05) is 45.1 Å². The van der Waals surface area contributed by atoms with E-state index < -0.39 is 0 Å². The molecule has 0 unspecified atom stereocenters. The Hall–Kier alpha value is -2.63. The topological polar surface area (TPSA) is 48.7 Å². The van der Waals surface area contributed by atoms with E-state index in [0.29, 0.717) is 5.56 Å². The normalized spacial score (nSPS) is 15.4. The lowest BCUT2D eigenvalue weighted by Gasteiger charge is -2.32. The van der Waals surface area contributed by atoms with Crippen molar-refractivity contribution < 1.29 is 9.21 Å². The van der Waals surface area contributed by atoms with Crippen molar-refractivity contribution in [3.05, 3.63) is 65.4 Å². The number of aryl methyl sites for hydroxylation is 1. The molecule has 0 spiro atoms. The number of nitrogens with one attached hydrogen (secondary N) is 1. The van der Waals surface area contributed by atoms with Crippen LogP contribution in [0.15, 0.2) is 52.9 Å². The van der Waals surface area contributed by atoms with Crippen molar-refractivity contribution in [1.29, 1.82) is 0 Å². The molecule has 5 nitrogen and oxygen atoms in total. The molecule has 2 heterocycles. The Morgan fingerprint density at radius 1 is 1.03 bits per heavy atom. The summed E-state index contributed by atoms with van der Waals surface area (Å²) >= 11 is 0. The van der Waals surface area contributed by atoms with Gasteiger partial charge in [0.05, 0.1) is 5.56 Å². The van der Waals surface area contributed by atoms with Gasteiger partial charge in [-0.25, -0.2) is 0 Å². The number of unbranched alkanes of at least 4 members (excludes halogenated alkanes) is 1. The predicted molar refractivity (Wildman–Crippen MR) is 127 cm³/mol. The van der Waals surface area contributed by atoms with Crippen LogP contribution in [0.5, 0.6) is 0 Å². The van der Waals surface area contributed by atoms with Crippen molar-refractivity contribution in [2.45, 2.75) is 32.6 Å². The Balaban J connectivity index is 1.46. The number of fused-ring (bicyclic) bond motifs is 1. The second-order valence-corrected chi connectivity index (χ2v) is 8.55. The molecule has 1 saturated heterocycles. The number of anilines is 1. The number of hydrogen-bond acceptors (Lipinski definition) is 4. The lowest BCUT2D eigenvalue weighted by atomic mass is 10.1. The summed E-state index contributed by atoms with van der Waals surface area (Å²) in [6, 6.07) is 16.0. The van der Waals surface area contributed by atoms with Crippen LogP contribution in [0.3, 0.4) is 0 Å². The van der Waals surface area contributed by atoms with Gasteiger partial charge in [0.15, 0.2) is 0 Å². The van der Waals surface area contributed by atoms with Crippen LogP contribution in [0.25, 0.3) is 11.0 Å². The first-order valence-electron chi connectivity index (χ1n) is 11.5. The zero-order valence-electron chi connectivity index (χ0n) is 18.7. The molecule has 1 fully saturated rings. The summed E-state index contributed by atoms with van der Waals surface area (Å²) in [6.07, 6.45) is 3.83. The lowest BCUT2D eigenvalue weighted by molar-refractivity contribution is 0.102. The molecule has 164 valence electrons. The summed E-state index contributed by atoms with van der Waals surface area (Å²) in [7, 11) is 2.18. The van der Waals surface area contributed by atoms with Crippen molar-refractivity contribution in [1.82, 2.24) is 9.80 Å². The molecule has 0 saturated carbocycles. The maximum atomic E-state index is 13.2. The number of hydrogen-bond donors (Lipinski definition) is 1. The maximum absolute atomic E-state index is 13.2. The highest BCUT2D eigenvalue weighted by Crippen LogP contribution is 2.28. The van der Waals surface area contributed by atoms with Gasteiger partial charge in [-0.15, -0.1) is 0 Å². The van der Waals surface area contributed by atoms with Gasteiger partial charge in [0.1, 0.15) is 11.3 Å². The number of para-hydroxylation sites is 1. The van der Waals surface area contributed by atoms with Crippen LogP contribution in [0.1, 0.15) is 41.4 Å². The predicted octanol–water partition coefficient (Wildman–Crippen LogP) is 4.82. The third-order valence-electron chi connectivity index (χ3n) is 6.15. The van der Waals surface area contributed by atoms with Crippen LogP contribution in [-0.4, -0.2) is 55.5 Å². The van der Waals surface area contributed by atoms with Crippen LogP contribution in [0, 0.1) is 0 Å². The van der Waals surface area contributed by atoms with E-state index in [0.717, 1.165) is 80.8 Å². The van der Waals surface area contributed by atoms with Gasteiger partial charge < -0.3 is 19.5 Å². The molecule has 0 aliphatic carbocycles. The second kappa shape index (κ2) is 10.1. The van der Waals surface area contributed by atoms with E-state index in [1.54, 1.807) is 0 Å². The smallest absolute Gasteiger partial charge is 0.259 e. The molecule has 31 heavy (non-hydrogen) atoms. The summed E-state index contributed by atoms with van der Waals surface area (Å²) < 4.78 is 6.03. The first-order valence-corrected chi connectivity index (χ1v) is 11.5. The molecule has 2 aromatic carbocycles. The number of piperazine rings is 1. The average Bonchev–Trinajstić information content (AvgIpc) is 3.16. The zero-order chi connectivity index (χ0) is 21.6. The second-order valence-electron chi connectivity index (χ2n) is 8.55.